The number of nitrogens with zero attached hydrogens (tertiary/aromatic N) is 1. The van der Waals surface area contributed by atoms with Gasteiger partial charge in [0.2, 0.25) is 0 Å². The summed E-state index contributed by atoms with van der Waals surface area (Å²) in [5.41, 5.74) is 5.25. The zero-order valence-electron chi connectivity index (χ0n) is 14.3. The molecule has 1 N–H and O–H groups in total. The first kappa shape index (κ1) is 16.7. The summed E-state index contributed by atoms with van der Waals surface area (Å²) in [5.74, 6) is 0.413. The minimum atomic E-state index is -0.289. The first-order chi connectivity index (χ1) is 12.1. The Hall–Kier alpha value is -3.14. The van der Waals surface area contributed by atoms with Crippen LogP contribution in [0.2, 0.25) is 0 Å². The Labute approximate surface area is 147 Å². The Balaban J connectivity index is 1.62. The highest BCUT2D eigenvalue weighted by Crippen LogP contribution is 2.17. The minimum absolute atomic E-state index is 0.0701. The molecule has 0 atom stereocenters. The van der Waals surface area contributed by atoms with E-state index < -0.39 is 0 Å². The van der Waals surface area contributed by atoms with Gasteiger partial charge in [-0.1, -0.05) is 54.6 Å². The number of benzene rings is 3. The van der Waals surface area contributed by atoms with Crippen LogP contribution in [-0.2, 0) is 4.79 Å². The van der Waals surface area contributed by atoms with E-state index in [0.717, 1.165) is 22.2 Å². The van der Waals surface area contributed by atoms with Gasteiger partial charge in [-0.25, -0.2) is 5.43 Å². The van der Waals surface area contributed by atoms with Gasteiger partial charge in [0.1, 0.15) is 5.75 Å². The average Bonchev–Trinajstić information content (AvgIpc) is 2.65. The van der Waals surface area contributed by atoms with Crippen molar-refractivity contribution in [2.24, 2.45) is 5.10 Å². The van der Waals surface area contributed by atoms with Crippen LogP contribution in [0.1, 0.15) is 18.1 Å². The van der Waals surface area contributed by atoms with E-state index in [2.05, 4.69) is 28.7 Å². The highest BCUT2D eigenvalue weighted by atomic mass is 16.5. The van der Waals surface area contributed by atoms with Crippen molar-refractivity contribution in [1.82, 2.24) is 5.43 Å². The van der Waals surface area contributed by atoms with Gasteiger partial charge in [0.05, 0.1) is 5.71 Å². The van der Waals surface area contributed by atoms with Gasteiger partial charge >= 0.3 is 0 Å². The summed E-state index contributed by atoms with van der Waals surface area (Å²) >= 11 is 0. The SMILES string of the molecule is CC(=NNC(=O)COc1ccccc1C)c1ccc2ccccc2c1. The topological polar surface area (TPSA) is 50.7 Å². The number of fused-ring (bicyclic) bond motifs is 1. The molecule has 0 bridgehead atoms. The minimum Gasteiger partial charge on any atom is -0.483 e. The fourth-order valence-electron chi connectivity index (χ4n) is 2.52. The second kappa shape index (κ2) is 7.62. The monoisotopic (exact) mass is 332 g/mol. The molecule has 3 aromatic rings. The maximum Gasteiger partial charge on any atom is 0.277 e. The third-order valence-corrected chi connectivity index (χ3v) is 3.97. The lowest BCUT2D eigenvalue weighted by Gasteiger charge is -2.08. The van der Waals surface area contributed by atoms with Crippen molar-refractivity contribution in [3.05, 3.63) is 77.9 Å². The highest BCUT2D eigenvalue weighted by molar-refractivity contribution is 6.02. The number of nitrogens with one attached hydrogen (secondary N) is 1. The van der Waals surface area contributed by atoms with Crippen molar-refractivity contribution in [1.29, 1.82) is 0 Å². The molecule has 0 unspecified atom stereocenters. The Morgan fingerprint density at radius 1 is 1.00 bits per heavy atom. The zero-order chi connectivity index (χ0) is 17.6. The number of para-hydroxylation sites is 1. The number of carbonyl (C=O) groups is 1. The summed E-state index contributed by atoms with van der Waals surface area (Å²) in [6.45, 7) is 3.74. The Bertz CT molecular complexity index is 932. The van der Waals surface area contributed by atoms with Crippen LogP contribution < -0.4 is 10.2 Å². The van der Waals surface area contributed by atoms with Crippen LogP contribution in [0.3, 0.4) is 0 Å². The van der Waals surface area contributed by atoms with Gasteiger partial charge in [-0.15, -0.1) is 0 Å². The van der Waals surface area contributed by atoms with Crippen LogP contribution in [0.4, 0.5) is 0 Å². The number of ether oxygens (including phenoxy) is 1. The second-order valence-electron chi connectivity index (χ2n) is 5.85. The molecule has 0 radical (unpaired) electrons. The highest BCUT2D eigenvalue weighted by Gasteiger charge is 2.05. The summed E-state index contributed by atoms with van der Waals surface area (Å²) in [6, 6.07) is 21.8. The van der Waals surface area contributed by atoms with Crippen LogP contribution in [-0.4, -0.2) is 18.2 Å². The summed E-state index contributed by atoms with van der Waals surface area (Å²) in [7, 11) is 0. The lowest BCUT2D eigenvalue weighted by atomic mass is 10.0. The van der Waals surface area contributed by atoms with E-state index in [1.807, 2.05) is 62.4 Å². The number of rotatable bonds is 5. The third kappa shape index (κ3) is 4.23. The molecular weight excluding hydrogens is 312 g/mol. The molecule has 0 aliphatic heterocycles. The molecule has 0 saturated carbocycles. The standard InChI is InChI=1S/C21H20N2O2/c1-15-7-3-6-10-20(15)25-14-21(24)23-22-16(2)18-12-11-17-8-4-5-9-19(17)13-18/h3-13H,14H2,1-2H3,(H,23,24). The molecule has 4 nitrogen and oxygen atoms in total. The molecule has 3 rings (SSSR count). The molecule has 0 fully saturated rings. The van der Waals surface area contributed by atoms with Gasteiger partial charge in [-0.05, 0) is 47.9 Å². The molecule has 1 amide bonds. The van der Waals surface area contributed by atoms with Gasteiger partial charge in [0.15, 0.2) is 6.61 Å². The first-order valence-electron chi connectivity index (χ1n) is 8.14. The summed E-state index contributed by atoms with van der Waals surface area (Å²) in [4.78, 5) is 11.9. The smallest absolute Gasteiger partial charge is 0.277 e. The third-order valence-electron chi connectivity index (χ3n) is 3.97. The van der Waals surface area contributed by atoms with Gasteiger partial charge < -0.3 is 4.74 Å². The normalized spacial score (nSPS) is 11.4. The van der Waals surface area contributed by atoms with Crippen molar-refractivity contribution in [3.8, 4) is 5.75 Å². The van der Waals surface area contributed by atoms with Gasteiger partial charge in [0.25, 0.3) is 5.91 Å². The molecule has 25 heavy (non-hydrogen) atoms. The van der Waals surface area contributed by atoms with Crippen LogP contribution in [0.15, 0.2) is 71.8 Å². The number of hydrogen-bond donors (Lipinski definition) is 1. The van der Waals surface area contributed by atoms with Gasteiger partial charge in [-0.2, -0.15) is 5.10 Å². The van der Waals surface area contributed by atoms with Crippen LogP contribution >= 0.6 is 0 Å². The summed E-state index contributed by atoms with van der Waals surface area (Å²) < 4.78 is 5.51. The largest absolute Gasteiger partial charge is 0.483 e. The molecule has 0 aliphatic rings. The predicted molar refractivity (Wildman–Crippen MR) is 101 cm³/mol. The van der Waals surface area contributed by atoms with Crippen LogP contribution in [0, 0.1) is 6.92 Å². The van der Waals surface area contributed by atoms with Crippen molar-refractivity contribution >= 4 is 22.4 Å². The van der Waals surface area contributed by atoms with Crippen molar-refractivity contribution < 1.29 is 9.53 Å². The lowest BCUT2D eigenvalue weighted by molar-refractivity contribution is -0.123. The Morgan fingerprint density at radius 3 is 2.52 bits per heavy atom. The predicted octanol–water partition coefficient (Wildman–Crippen LogP) is 4.07. The van der Waals surface area contributed by atoms with Crippen LogP contribution in [0.5, 0.6) is 5.75 Å². The Morgan fingerprint density at radius 2 is 1.72 bits per heavy atom. The lowest BCUT2D eigenvalue weighted by Crippen LogP contribution is -2.25. The molecule has 3 aromatic carbocycles. The van der Waals surface area contributed by atoms with E-state index in [1.54, 1.807) is 0 Å². The fourth-order valence-corrected chi connectivity index (χ4v) is 2.52. The van der Waals surface area contributed by atoms with Crippen LogP contribution in [0.25, 0.3) is 10.8 Å². The molecule has 0 heterocycles. The number of amides is 1. The van der Waals surface area contributed by atoms with E-state index in [1.165, 1.54) is 5.39 Å². The van der Waals surface area contributed by atoms with Crippen molar-refractivity contribution in [2.75, 3.05) is 6.61 Å². The number of hydrazone groups is 1. The Kier molecular flexibility index (Phi) is 5.09. The quantitative estimate of drug-likeness (QED) is 0.566. The van der Waals surface area contributed by atoms with Crippen molar-refractivity contribution in [3.63, 3.8) is 0 Å². The second-order valence-corrected chi connectivity index (χ2v) is 5.85. The van der Waals surface area contributed by atoms with E-state index in [-0.39, 0.29) is 12.5 Å². The van der Waals surface area contributed by atoms with Gasteiger partial charge in [-0.3, -0.25) is 4.79 Å². The average molecular weight is 332 g/mol. The van der Waals surface area contributed by atoms with Gasteiger partial charge in [0, 0.05) is 0 Å². The van der Waals surface area contributed by atoms with E-state index in [0.29, 0.717) is 5.75 Å². The molecule has 126 valence electrons. The number of aryl methyl sites for hydroxylation is 1. The maximum atomic E-state index is 11.9. The van der Waals surface area contributed by atoms with E-state index in [9.17, 15) is 4.79 Å². The molecule has 0 aromatic heterocycles. The molecule has 4 heteroatoms. The molecular formula is C21H20N2O2. The zero-order valence-corrected chi connectivity index (χ0v) is 14.3. The molecule has 0 aliphatic carbocycles. The maximum absolute atomic E-state index is 11.9. The van der Waals surface area contributed by atoms with E-state index in [4.69, 9.17) is 4.74 Å². The fraction of sp³-hybridized carbons (Fsp3) is 0.143. The number of carbonyl (C=O) groups excluding carboxylic acids is 1. The summed E-state index contributed by atoms with van der Waals surface area (Å²) in [5, 5.41) is 6.49. The van der Waals surface area contributed by atoms with E-state index >= 15 is 0 Å². The molecule has 0 spiro atoms. The number of hydrogen-bond acceptors (Lipinski definition) is 3. The first-order valence-corrected chi connectivity index (χ1v) is 8.14. The van der Waals surface area contributed by atoms with Crippen molar-refractivity contribution in [2.45, 2.75) is 13.8 Å². The summed E-state index contributed by atoms with van der Waals surface area (Å²) in [6.07, 6.45) is 0. The molecule has 0 saturated heterocycles.